The molecule has 7 nitrogen and oxygen atoms in total. The lowest BCUT2D eigenvalue weighted by atomic mass is 10.3. The van der Waals surface area contributed by atoms with E-state index in [1.54, 1.807) is 13.3 Å². The van der Waals surface area contributed by atoms with Crippen molar-refractivity contribution in [2.45, 2.75) is 6.42 Å². The first-order valence-electron chi connectivity index (χ1n) is 5.34. The number of rotatable bonds is 6. The van der Waals surface area contributed by atoms with Gasteiger partial charge in [0.15, 0.2) is 5.65 Å². The van der Waals surface area contributed by atoms with E-state index in [1.165, 1.54) is 0 Å². The molecule has 0 bridgehead atoms. The van der Waals surface area contributed by atoms with Gasteiger partial charge in [0.25, 0.3) is 0 Å². The molecule has 3 N–H and O–H groups in total. The average Bonchev–Trinajstić information content (AvgIpc) is 2.77. The van der Waals surface area contributed by atoms with Crippen LogP contribution in [0.2, 0.25) is 0 Å². The number of methoxy groups -OCH3 is 1. The maximum Gasteiger partial charge on any atom is 0.186 e. The number of hydrogen-bond donors (Lipinski definition) is 2. The zero-order valence-electron chi connectivity index (χ0n) is 9.64. The molecule has 0 aliphatic rings. The van der Waals surface area contributed by atoms with Gasteiger partial charge < -0.3 is 15.2 Å². The van der Waals surface area contributed by atoms with Crippen LogP contribution in [0.3, 0.4) is 0 Å². The van der Waals surface area contributed by atoms with E-state index < -0.39 is 0 Å². The molecule has 0 atom stereocenters. The molecule has 17 heavy (non-hydrogen) atoms. The molecule has 0 spiro atoms. The highest BCUT2D eigenvalue weighted by Crippen LogP contribution is 2.14. The first kappa shape index (κ1) is 11.7. The van der Waals surface area contributed by atoms with E-state index in [-0.39, 0.29) is 0 Å². The van der Waals surface area contributed by atoms with E-state index >= 15 is 0 Å². The number of fused-ring (bicyclic) bond motifs is 1. The Bertz CT molecular complexity index is 485. The number of anilines is 1. The molecular formula is C10H15N5O2. The highest BCUT2D eigenvalue weighted by Gasteiger charge is 2.06. The molecule has 0 aliphatic carbocycles. The third-order valence-electron chi connectivity index (χ3n) is 2.28. The number of nitrogens with zero attached hydrogens (tertiary/aromatic N) is 3. The summed E-state index contributed by atoms with van der Waals surface area (Å²) in [5, 5.41) is 7.43. The Kier molecular flexibility index (Phi) is 3.84. The third kappa shape index (κ3) is 2.89. The highest BCUT2D eigenvalue weighted by molar-refractivity contribution is 5.84. The normalized spacial score (nSPS) is 11.1. The Hall–Kier alpha value is -1.73. The van der Waals surface area contributed by atoms with Crippen molar-refractivity contribution in [3.63, 3.8) is 0 Å². The van der Waals surface area contributed by atoms with Crippen LogP contribution in [0.5, 0.6) is 0 Å². The SMILES string of the molecule is COCCOCCc1nc(N)c2c[nH]nc2n1. The van der Waals surface area contributed by atoms with Gasteiger partial charge in [0.2, 0.25) is 0 Å². The van der Waals surface area contributed by atoms with Gasteiger partial charge in [-0.2, -0.15) is 5.10 Å². The molecule has 92 valence electrons. The van der Waals surface area contributed by atoms with Crippen LogP contribution in [0.4, 0.5) is 5.82 Å². The van der Waals surface area contributed by atoms with E-state index in [4.69, 9.17) is 15.2 Å². The zero-order valence-corrected chi connectivity index (χ0v) is 9.64. The Morgan fingerprint density at radius 2 is 2.18 bits per heavy atom. The van der Waals surface area contributed by atoms with E-state index in [0.717, 1.165) is 5.39 Å². The molecule has 0 unspecified atom stereocenters. The van der Waals surface area contributed by atoms with E-state index in [0.29, 0.717) is 43.5 Å². The first-order valence-corrected chi connectivity index (χ1v) is 5.34. The second-order valence-corrected chi connectivity index (χ2v) is 3.50. The summed E-state index contributed by atoms with van der Waals surface area (Å²) in [6, 6.07) is 0. The van der Waals surface area contributed by atoms with Crippen LogP contribution in [0.1, 0.15) is 5.82 Å². The summed E-state index contributed by atoms with van der Waals surface area (Å²) >= 11 is 0. The first-order chi connectivity index (χ1) is 8.31. The molecule has 0 fully saturated rings. The van der Waals surface area contributed by atoms with Crippen molar-refractivity contribution in [1.29, 1.82) is 0 Å². The van der Waals surface area contributed by atoms with Gasteiger partial charge >= 0.3 is 0 Å². The van der Waals surface area contributed by atoms with Crippen molar-refractivity contribution < 1.29 is 9.47 Å². The number of aromatic amines is 1. The van der Waals surface area contributed by atoms with Crippen LogP contribution in [0, 0.1) is 0 Å². The number of hydrogen-bond acceptors (Lipinski definition) is 6. The molecule has 0 aromatic carbocycles. The summed E-state index contributed by atoms with van der Waals surface area (Å²) in [6.45, 7) is 1.69. The third-order valence-corrected chi connectivity index (χ3v) is 2.28. The highest BCUT2D eigenvalue weighted by atomic mass is 16.5. The topological polar surface area (TPSA) is 98.9 Å². The summed E-state index contributed by atoms with van der Waals surface area (Å²) < 4.78 is 10.2. The van der Waals surface area contributed by atoms with E-state index in [9.17, 15) is 0 Å². The Balaban J connectivity index is 1.94. The summed E-state index contributed by atoms with van der Waals surface area (Å²) in [5.74, 6) is 1.08. The number of nitrogens with two attached hydrogens (primary N) is 1. The lowest BCUT2D eigenvalue weighted by Crippen LogP contribution is -2.08. The molecule has 0 radical (unpaired) electrons. The summed E-state index contributed by atoms with van der Waals surface area (Å²) in [4.78, 5) is 8.46. The van der Waals surface area contributed by atoms with Gasteiger partial charge in [-0.1, -0.05) is 0 Å². The fourth-order valence-electron chi connectivity index (χ4n) is 1.42. The van der Waals surface area contributed by atoms with Crippen LogP contribution < -0.4 is 5.73 Å². The van der Waals surface area contributed by atoms with Crippen molar-refractivity contribution in [2.24, 2.45) is 0 Å². The lowest BCUT2D eigenvalue weighted by molar-refractivity contribution is 0.0717. The van der Waals surface area contributed by atoms with Crippen LogP contribution in [0.25, 0.3) is 11.0 Å². The minimum atomic E-state index is 0.440. The number of nitrogen functional groups attached to an aromatic ring is 1. The second kappa shape index (κ2) is 5.55. The van der Waals surface area contributed by atoms with Gasteiger partial charge in [0.05, 0.1) is 25.2 Å². The van der Waals surface area contributed by atoms with Crippen LogP contribution in [0.15, 0.2) is 6.20 Å². The lowest BCUT2D eigenvalue weighted by Gasteiger charge is -2.03. The van der Waals surface area contributed by atoms with Crippen LogP contribution >= 0.6 is 0 Å². The fourth-order valence-corrected chi connectivity index (χ4v) is 1.42. The molecule has 0 amide bonds. The summed E-state index contributed by atoms with van der Waals surface area (Å²) in [6.07, 6.45) is 2.29. The minimum absolute atomic E-state index is 0.440. The van der Waals surface area contributed by atoms with E-state index in [2.05, 4.69) is 20.2 Å². The number of H-pyrrole nitrogens is 1. The van der Waals surface area contributed by atoms with Gasteiger partial charge in [0.1, 0.15) is 11.6 Å². The maximum absolute atomic E-state index is 5.78. The molecule has 2 rings (SSSR count). The van der Waals surface area contributed by atoms with Crippen molar-refractivity contribution in [3.8, 4) is 0 Å². The number of nitrogens with one attached hydrogen (secondary N) is 1. The molecular weight excluding hydrogens is 222 g/mol. The second-order valence-electron chi connectivity index (χ2n) is 3.50. The predicted molar refractivity (Wildman–Crippen MR) is 62.5 cm³/mol. The Morgan fingerprint density at radius 1 is 1.29 bits per heavy atom. The van der Waals surface area contributed by atoms with Crippen LogP contribution in [-0.4, -0.2) is 47.1 Å². The average molecular weight is 237 g/mol. The molecule has 2 heterocycles. The monoisotopic (exact) mass is 237 g/mol. The number of ether oxygens (including phenoxy) is 2. The molecule has 0 aliphatic heterocycles. The Morgan fingerprint density at radius 3 is 3.00 bits per heavy atom. The van der Waals surface area contributed by atoms with Crippen LogP contribution in [-0.2, 0) is 15.9 Å². The van der Waals surface area contributed by atoms with Crippen molar-refractivity contribution in [1.82, 2.24) is 20.2 Å². The van der Waals surface area contributed by atoms with Gasteiger partial charge in [0, 0.05) is 19.7 Å². The molecule has 2 aromatic rings. The summed E-state index contributed by atoms with van der Waals surface area (Å²) in [5.41, 5.74) is 6.37. The largest absolute Gasteiger partial charge is 0.383 e. The molecule has 0 saturated carbocycles. The molecule has 7 heteroatoms. The van der Waals surface area contributed by atoms with Crippen molar-refractivity contribution >= 4 is 16.9 Å². The summed E-state index contributed by atoms with van der Waals surface area (Å²) in [7, 11) is 1.64. The quantitative estimate of drug-likeness (QED) is 0.693. The number of aromatic nitrogens is 4. The van der Waals surface area contributed by atoms with Gasteiger partial charge in [-0.05, 0) is 0 Å². The zero-order chi connectivity index (χ0) is 12.1. The fraction of sp³-hybridized carbons (Fsp3) is 0.500. The smallest absolute Gasteiger partial charge is 0.186 e. The standard InChI is InChI=1S/C10H15N5O2/c1-16-4-5-17-3-2-8-13-9(11)7-6-12-15-10(7)14-8/h6H,2-5H2,1H3,(H3,11,12,13,14,15). The van der Waals surface area contributed by atoms with E-state index in [1.807, 2.05) is 0 Å². The van der Waals surface area contributed by atoms with Gasteiger partial charge in [-0.3, -0.25) is 5.10 Å². The minimum Gasteiger partial charge on any atom is -0.383 e. The van der Waals surface area contributed by atoms with Crippen molar-refractivity contribution in [3.05, 3.63) is 12.0 Å². The Labute approximate surface area is 98.3 Å². The van der Waals surface area contributed by atoms with Gasteiger partial charge in [-0.15, -0.1) is 0 Å². The van der Waals surface area contributed by atoms with Crippen molar-refractivity contribution in [2.75, 3.05) is 32.7 Å². The van der Waals surface area contributed by atoms with Gasteiger partial charge in [-0.25, -0.2) is 9.97 Å². The molecule has 0 saturated heterocycles. The predicted octanol–water partition coefficient (Wildman–Crippen LogP) is 0.141. The maximum atomic E-state index is 5.78. The molecule has 2 aromatic heterocycles.